The zero-order chi connectivity index (χ0) is 14.7. The van der Waals surface area contributed by atoms with Crippen LogP contribution in [0.15, 0.2) is 45.3 Å². The van der Waals surface area contributed by atoms with Gasteiger partial charge in [-0.05, 0) is 58.7 Å². The third-order valence-electron chi connectivity index (χ3n) is 2.82. The molecule has 0 aliphatic rings. The first-order valence-electron chi connectivity index (χ1n) is 6.08. The Kier molecular flexibility index (Phi) is 5.49. The summed E-state index contributed by atoms with van der Waals surface area (Å²) in [5, 5.41) is 11.0. The van der Waals surface area contributed by atoms with Crippen molar-refractivity contribution in [3.63, 3.8) is 0 Å². The molecule has 1 atom stereocenters. The van der Waals surface area contributed by atoms with Gasteiger partial charge in [-0.3, -0.25) is 0 Å². The van der Waals surface area contributed by atoms with E-state index in [9.17, 15) is 5.11 Å². The van der Waals surface area contributed by atoms with E-state index < -0.39 is 6.10 Å². The van der Waals surface area contributed by atoms with Crippen molar-refractivity contribution in [3.8, 4) is 5.75 Å². The molecule has 20 heavy (non-hydrogen) atoms. The van der Waals surface area contributed by atoms with E-state index in [0.717, 1.165) is 20.3 Å². The van der Waals surface area contributed by atoms with E-state index in [0.29, 0.717) is 17.2 Å². The summed E-state index contributed by atoms with van der Waals surface area (Å²) >= 11 is 13.0. The first kappa shape index (κ1) is 15.8. The predicted octanol–water partition coefficient (Wildman–Crippen LogP) is 5.35. The number of aliphatic hydroxyl groups excluding tert-OH is 1. The van der Waals surface area contributed by atoms with Crippen molar-refractivity contribution in [1.82, 2.24) is 0 Å². The van der Waals surface area contributed by atoms with E-state index in [1.54, 1.807) is 6.07 Å². The molecule has 0 saturated heterocycles. The fourth-order valence-corrected chi connectivity index (χ4v) is 2.97. The normalized spacial score (nSPS) is 12.2. The van der Waals surface area contributed by atoms with Crippen molar-refractivity contribution in [3.05, 3.63) is 61.5 Å². The SMILES string of the molecule is CCOc1ccc(C(O)c2cc(Br)ccc2Cl)cc1Br. The first-order valence-corrected chi connectivity index (χ1v) is 8.04. The maximum absolute atomic E-state index is 10.5. The zero-order valence-electron chi connectivity index (χ0n) is 10.7. The second kappa shape index (κ2) is 6.94. The van der Waals surface area contributed by atoms with E-state index in [1.165, 1.54) is 0 Å². The number of ether oxygens (including phenoxy) is 1. The lowest BCUT2D eigenvalue weighted by Gasteiger charge is -2.15. The summed E-state index contributed by atoms with van der Waals surface area (Å²) in [6.45, 7) is 2.52. The molecule has 106 valence electrons. The lowest BCUT2D eigenvalue weighted by Crippen LogP contribution is -2.01. The van der Waals surface area contributed by atoms with E-state index >= 15 is 0 Å². The second-order valence-corrected chi connectivity index (χ2v) is 6.37. The zero-order valence-corrected chi connectivity index (χ0v) is 14.7. The standard InChI is InChI=1S/C15H13Br2ClO2/c1-2-20-14-6-3-9(7-12(14)17)15(19)11-8-10(16)4-5-13(11)18/h3-8,15,19H,2H2,1H3. The van der Waals surface area contributed by atoms with Crippen LogP contribution in [0.3, 0.4) is 0 Å². The Bertz CT molecular complexity index is 617. The number of hydrogen-bond donors (Lipinski definition) is 1. The van der Waals surface area contributed by atoms with Crippen LogP contribution in [-0.4, -0.2) is 11.7 Å². The molecule has 5 heteroatoms. The fraction of sp³-hybridized carbons (Fsp3) is 0.200. The van der Waals surface area contributed by atoms with Crippen LogP contribution in [0.2, 0.25) is 5.02 Å². The van der Waals surface area contributed by atoms with Gasteiger partial charge in [-0.1, -0.05) is 33.6 Å². The average Bonchev–Trinajstić information content (AvgIpc) is 2.43. The summed E-state index contributed by atoms with van der Waals surface area (Å²) in [6.07, 6.45) is -0.785. The van der Waals surface area contributed by atoms with Crippen LogP contribution in [0, 0.1) is 0 Å². The molecular weight excluding hydrogens is 407 g/mol. The maximum Gasteiger partial charge on any atom is 0.133 e. The van der Waals surface area contributed by atoms with E-state index in [1.807, 2.05) is 37.3 Å². The van der Waals surface area contributed by atoms with Crippen LogP contribution < -0.4 is 4.74 Å². The van der Waals surface area contributed by atoms with Gasteiger partial charge in [0.1, 0.15) is 11.9 Å². The van der Waals surface area contributed by atoms with Crippen LogP contribution in [0.25, 0.3) is 0 Å². The Morgan fingerprint density at radius 2 is 1.95 bits per heavy atom. The third-order valence-corrected chi connectivity index (χ3v) is 4.28. The highest BCUT2D eigenvalue weighted by Gasteiger charge is 2.16. The highest BCUT2D eigenvalue weighted by molar-refractivity contribution is 9.10. The van der Waals surface area contributed by atoms with Crippen LogP contribution in [0.5, 0.6) is 5.75 Å². The van der Waals surface area contributed by atoms with Gasteiger partial charge in [0.15, 0.2) is 0 Å². The van der Waals surface area contributed by atoms with E-state index in [2.05, 4.69) is 31.9 Å². The number of benzene rings is 2. The molecule has 0 heterocycles. The minimum absolute atomic E-state index is 0.533. The van der Waals surface area contributed by atoms with Gasteiger partial charge in [0.25, 0.3) is 0 Å². The number of hydrogen-bond acceptors (Lipinski definition) is 2. The number of rotatable bonds is 4. The fourth-order valence-electron chi connectivity index (χ4n) is 1.86. The van der Waals surface area contributed by atoms with Gasteiger partial charge < -0.3 is 9.84 Å². The molecule has 2 rings (SSSR count). The molecule has 2 nitrogen and oxygen atoms in total. The highest BCUT2D eigenvalue weighted by Crippen LogP contribution is 2.34. The average molecular weight is 421 g/mol. The topological polar surface area (TPSA) is 29.5 Å². The molecule has 0 radical (unpaired) electrons. The molecule has 0 spiro atoms. The van der Waals surface area contributed by atoms with Crippen LogP contribution in [0.1, 0.15) is 24.2 Å². The molecular formula is C15H13Br2ClO2. The second-order valence-electron chi connectivity index (χ2n) is 4.19. The smallest absolute Gasteiger partial charge is 0.133 e. The van der Waals surface area contributed by atoms with Gasteiger partial charge in [0.2, 0.25) is 0 Å². The first-order chi connectivity index (χ1) is 9.52. The Hall–Kier alpha value is -0.550. The Morgan fingerprint density at radius 3 is 2.60 bits per heavy atom. The summed E-state index contributed by atoms with van der Waals surface area (Å²) in [4.78, 5) is 0. The minimum Gasteiger partial charge on any atom is -0.493 e. The molecule has 0 aliphatic carbocycles. The van der Waals surface area contributed by atoms with Crippen molar-refractivity contribution in [2.75, 3.05) is 6.61 Å². The third kappa shape index (κ3) is 3.55. The molecule has 0 bridgehead atoms. The molecule has 0 amide bonds. The Labute approximate surface area is 140 Å². The predicted molar refractivity (Wildman–Crippen MR) is 88.5 cm³/mol. The molecule has 0 aromatic heterocycles. The summed E-state index contributed by atoms with van der Waals surface area (Å²) in [6, 6.07) is 10.9. The van der Waals surface area contributed by atoms with Gasteiger partial charge in [-0.25, -0.2) is 0 Å². The summed E-state index contributed by atoms with van der Waals surface area (Å²) in [7, 11) is 0. The molecule has 0 aliphatic heterocycles. The van der Waals surface area contributed by atoms with Gasteiger partial charge >= 0.3 is 0 Å². The quantitative estimate of drug-likeness (QED) is 0.723. The van der Waals surface area contributed by atoms with Crippen molar-refractivity contribution in [2.24, 2.45) is 0 Å². The summed E-state index contributed by atoms with van der Waals surface area (Å²) < 4.78 is 7.14. The van der Waals surface area contributed by atoms with Gasteiger partial charge in [0, 0.05) is 15.1 Å². The largest absolute Gasteiger partial charge is 0.493 e. The highest BCUT2D eigenvalue weighted by atomic mass is 79.9. The van der Waals surface area contributed by atoms with Crippen molar-refractivity contribution in [2.45, 2.75) is 13.0 Å². The minimum atomic E-state index is -0.785. The molecule has 0 saturated carbocycles. The van der Waals surface area contributed by atoms with Crippen molar-refractivity contribution in [1.29, 1.82) is 0 Å². The van der Waals surface area contributed by atoms with Gasteiger partial charge in [-0.15, -0.1) is 0 Å². The van der Waals surface area contributed by atoms with Crippen LogP contribution in [-0.2, 0) is 0 Å². The summed E-state index contributed by atoms with van der Waals surface area (Å²) in [5.74, 6) is 0.754. The van der Waals surface area contributed by atoms with E-state index in [-0.39, 0.29) is 0 Å². The molecule has 2 aromatic rings. The molecule has 2 aromatic carbocycles. The Morgan fingerprint density at radius 1 is 1.20 bits per heavy atom. The van der Waals surface area contributed by atoms with Crippen LogP contribution >= 0.6 is 43.5 Å². The summed E-state index contributed by atoms with van der Waals surface area (Å²) in [5.41, 5.74) is 1.41. The molecule has 1 unspecified atom stereocenters. The van der Waals surface area contributed by atoms with Crippen molar-refractivity contribution >= 4 is 43.5 Å². The van der Waals surface area contributed by atoms with Gasteiger partial charge in [-0.2, -0.15) is 0 Å². The van der Waals surface area contributed by atoms with Gasteiger partial charge in [0.05, 0.1) is 11.1 Å². The molecule has 1 N–H and O–H groups in total. The lowest BCUT2D eigenvalue weighted by atomic mass is 10.0. The Balaban J connectivity index is 2.35. The monoisotopic (exact) mass is 418 g/mol. The maximum atomic E-state index is 10.5. The van der Waals surface area contributed by atoms with Crippen LogP contribution in [0.4, 0.5) is 0 Å². The lowest BCUT2D eigenvalue weighted by molar-refractivity contribution is 0.220. The van der Waals surface area contributed by atoms with E-state index in [4.69, 9.17) is 16.3 Å². The molecule has 0 fully saturated rings. The van der Waals surface area contributed by atoms with Crippen molar-refractivity contribution < 1.29 is 9.84 Å². The number of halogens is 3. The number of aliphatic hydroxyl groups is 1.